The van der Waals surface area contributed by atoms with Gasteiger partial charge in [-0.1, -0.05) is 30.3 Å². The predicted molar refractivity (Wildman–Crippen MR) is 70.8 cm³/mol. The number of likely N-dealkylation sites (tertiary alicyclic amines) is 1. The molecule has 1 spiro atoms. The Bertz CT molecular complexity index is 387. The molecule has 2 nitrogen and oxygen atoms in total. The molecular formula is C15H22N2. The molecule has 3 rings (SSSR count). The predicted octanol–water partition coefficient (Wildman–Crippen LogP) is 2.04. The van der Waals surface area contributed by atoms with Crippen LogP contribution in [-0.2, 0) is 6.42 Å². The van der Waals surface area contributed by atoms with E-state index in [1.807, 2.05) is 0 Å². The summed E-state index contributed by atoms with van der Waals surface area (Å²) < 4.78 is 0. The van der Waals surface area contributed by atoms with Gasteiger partial charge in [-0.25, -0.2) is 0 Å². The Morgan fingerprint density at radius 3 is 2.47 bits per heavy atom. The van der Waals surface area contributed by atoms with Crippen LogP contribution in [-0.4, -0.2) is 30.1 Å². The van der Waals surface area contributed by atoms with Gasteiger partial charge in [0.15, 0.2) is 0 Å². The van der Waals surface area contributed by atoms with Gasteiger partial charge in [-0.05, 0) is 31.7 Å². The highest BCUT2D eigenvalue weighted by atomic mass is 15.2. The molecule has 2 aliphatic rings. The molecule has 1 heterocycles. The third kappa shape index (κ3) is 2.00. The first-order chi connectivity index (χ1) is 8.11. The van der Waals surface area contributed by atoms with E-state index >= 15 is 0 Å². The van der Waals surface area contributed by atoms with E-state index in [-0.39, 0.29) is 5.54 Å². The van der Waals surface area contributed by atoms with E-state index in [1.54, 1.807) is 0 Å². The van der Waals surface area contributed by atoms with Gasteiger partial charge in [0.2, 0.25) is 0 Å². The Balaban J connectivity index is 1.58. The number of hydrogen-bond donors (Lipinski definition) is 1. The lowest BCUT2D eigenvalue weighted by Gasteiger charge is -2.25. The lowest BCUT2D eigenvalue weighted by atomic mass is 9.87. The molecule has 17 heavy (non-hydrogen) atoms. The number of hydrogen-bond acceptors (Lipinski definition) is 2. The Kier molecular flexibility index (Phi) is 2.53. The highest BCUT2D eigenvalue weighted by Gasteiger charge is 2.59. The van der Waals surface area contributed by atoms with Crippen molar-refractivity contribution in [3.63, 3.8) is 0 Å². The average molecular weight is 230 g/mol. The standard InChI is InChI=1S/C15H22N2/c1-14(16)11-17(12-15(14)8-9-15)10-7-13-5-3-2-4-6-13/h2-6H,7-12,16H2,1H3/t14-/m1/s1. The molecule has 1 atom stereocenters. The van der Waals surface area contributed by atoms with Crippen molar-refractivity contribution in [2.24, 2.45) is 11.1 Å². The van der Waals surface area contributed by atoms with Gasteiger partial charge in [0.1, 0.15) is 0 Å². The first-order valence-electron chi connectivity index (χ1n) is 6.67. The number of rotatable bonds is 3. The van der Waals surface area contributed by atoms with Crippen molar-refractivity contribution in [1.29, 1.82) is 0 Å². The first-order valence-corrected chi connectivity index (χ1v) is 6.67. The maximum atomic E-state index is 6.44. The fourth-order valence-electron chi connectivity index (χ4n) is 3.27. The normalized spacial score (nSPS) is 30.9. The molecule has 1 aliphatic heterocycles. The molecule has 0 unspecified atom stereocenters. The molecular weight excluding hydrogens is 208 g/mol. The lowest BCUT2D eigenvalue weighted by Crippen LogP contribution is -2.45. The largest absolute Gasteiger partial charge is 0.324 e. The summed E-state index contributed by atoms with van der Waals surface area (Å²) in [6.07, 6.45) is 3.82. The first kappa shape index (κ1) is 11.2. The Morgan fingerprint density at radius 2 is 1.88 bits per heavy atom. The summed E-state index contributed by atoms with van der Waals surface area (Å²) in [5, 5.41) is 0. The summed E-state index contributed by atoms with van der Waals surface area (Å²) in [6, 6.07) is 10.7. The van der Waals surface area contributed by atoms with E-state index in [2.05, 4.69) is 42.2 Å². The summed E-state index contributed by atoms with van der Waals surface area (Å²) in [5.74, 6) is 0. The van der Waals surface area contributed by atoms with Crippen LogP contribution in [0.4, 0.5) is 0 Å². The molecule has 0 bridgehead atoms. The van der Waals surface area contributed by atoms with Crippen molar-refractivity contribution in [3.8, 4) is 0 Å². The van der Waals surface area contributed by atoms with Crippen LogP contribution in [0.3, 0.4) is 0 Å². The van der Waals surface area contributed by atoms with Crippen LogP contribution < -0.4 is 5.73 Å². The van der Waals surface area contributed by atoms with Crippen molar-refractivity contribution >= 4 is 0 Å². The third-order valence-electron chi connectivity index (χ3n) is 4.70. The van der Waals surface area contributed by atoms with Crippen LogP contribution in [0.15, 0.2) is 30.3 Å². The molecule has 1 aromatic carbocycles. The molecule has 2 heteroatoms. The highest BCUT2D eigenvalue weighted by Crippen LogP contribution is 2.56. The van der Waals surface area contributed by atoms with Gasteiger partial charge in [-0.3, -0.25) is 0 Å². The molecule has 92 valence electrons. The topological polar surface area (TPSA) is 29.3 Å². The van der Waals surface area contributed by atoms with Crippen LogP contribution in [0.5, 0.6) is 0 Å². The van der Waals surface area contributed by atoms with E-state index in [1.165, 1.54) is 24.9 Å². The van der Waals surface area contributed by atoms with E-state index in [9.17, 15) is 0 Å². The van der Waals surface area contributed by atoms with Crippen molar-refractivity contribution in [2.45, 2.75) is 31.7 Å². The summed E-state index contributed by atoms with van der Waals surface area (Å²) in [6.45, 7) is 5.67. The van der Waals surface area contributed by atoms with E-state index in [4.69, 9.17) is 5.73 Å². The van der Waals surface area contributed by atoms with Crippen molar-refractivity contribution in [3.05, 3.63) is 35.9 Å². The fourth-order valence-corrected chi connectivity index (χ4v) is 3.27. The minimum Gasteiger partial charge on any atom is -0.324 e. The van der Waals surface area contributed by atoms with E-state index in [0.29, 0.717) is 5.41 Å². The molecule has 1 aliphatic carbocycles. The van der Waals surface area contributed by atoms with Crippen LogP contribution in [0.1, 0.15) is 25.3 Å². The molecule has 0 radical (unpaired) electrons. The maximum Gasteiger partial charge on any atom is 0.0324 e. The summed E-state index contributed by atoms with van der Waals surface area (Å²) in [7, 11) is 0. The molecule has 0 amide bonds. The maximum absolute atomic E-state index is 6.44. The van der Waals surface area contributed by atoms with Crippen molar-refractivity contribution in [2.75, 3.05) is 19.6 Å². The molecule has 0 aromatic heterocycles. The highest BCUT2D eigenvalue weighted by molar-refractivity contribution is 5.18. The average Bonchev–Trinajstić information content (AvgIpc) is 3.03. The lowest BCUT2D eigenvalue weighted by molar-refractivity contribution is 0.320. The smallest absolute Gasteiger partial charge is 0.0324 e. The van der Waals surface area contributed by atoms with Gasteiger partial charge in [0, 0.05) is 30.6 Å². The van der Waals surface area contributed by atoms with E-state index in [0.717, 1.165) is 19.5 Å². The zero-order valence-corrected chi connectivity index (χ0v) is 10.7. The van der Waals surface area contributed by atoms with Gasteiger partial charge in [-0.2, -0.15) is 0 Å². The second-order valence-corrected chi connectivity index (χ2v) is 6.14. The molecule has 1 aromatic rings. The Labute approximate surface area is 104 Å². The SMILES string of the molecule is C[C@@]1(N)CN(CCc2ccccc2)CC12CC2. The van der Waals surface area contributed by atoms with E-state index < -0.39 is 0 Å². The zero-order valence-electron chi connectivity index (χ0n) is 10.7. The van der Waals surface area contributed by atoms with Crippen LogP contribution >= 0.6 is 0 Å². The summed E-state index contributed by atoms with van der Waals surface area (Å²) in [5.41, 5.74) is 8.38. The molecule has 1 saturated carbocycles. The van der Waals surface area contributed by atoms with Gasteiger partial charge < -0.3 is 10.6 Å². The molecule has 2 fully saturated rings. The van der Waals surface area contributed by atoms with Gasteiger partial charge in [-0.15, -0.1) is 0 Å². The van der Waals surface area contributed by atoms with Gasteiger partial charge in [0.25, 0.3) is 0 Å². The second-order valence-electron chi connectivity index (χ2n) is 6.14. The minimum absolute atomic E-state index is 0.0453. The summed E-state index contributed by atoms with van der Waals surface area (Å²) >= 11 is 0. The molecule has 1 saturated heterocycles. The fraction of sp³-hybridized carbons (Fsp3) is 0.600. The summed E-state index contributed by atoms with van der Waals surface area (Å²) in [4.78, 5) is 2.56. The van der Waals surface area contributed by atoms with Crippen molar-refractivity contribution < 1.29 is 0 Å². The van der Waals surface area contributed by atoms with Crippen LogP contribution in [0.25, 0.3) is 0 Å². The number of nitrogens with two attached hydrogens (primary N) is 1. The van der Waals surface area contributed by atoms with Crippen LogP contribution in [0.2, 0.25) is 0 Å². The zero-order chi connectivity index (χ0) is 11.9. The van der Waals surface area contributed by atoms with Crippen LogP contribution in [0, 0.1) is 5.41 Å². The monoisotopic (exact) mass is 230 g/mol. The number of nitrogens with zero attached hydrogens (tertiary/aromatic N) is 1. The Morgan fingerprint density at radius 1 is 1.18 bits per heavy atom. The molecule has 2 N–H and O–H groups in total. The van der Waals surface area contributed by atoms with Gasteiger partial charge in [0.05, 0.1) is 0 Å². The number of benzene rings is 1. The second kappa shape index (κ2) is 3.82. The Hall–Kier alpha value is -0.860. The van der Waals surface area contributed by atoms with Gasteiger partial charge >= 0.3 is 0 Å². The third-order valence-corrected chi connectivity index (χ3v) is 4.70. The quantitative estimate of drug-likeness (QED) is 0.861. The minimum atomic E-state index is 0.0453. The van der Waals surface area contributed by atoms with Crippen molar-refractivity contribution in [1.82, 2.24) is 4.90 Å².